The summed E-state index contributed by atoms with van der Waals surface area (Å²) in [7, 11) is 1.67. The van der Waals surface area contributed by atoms with Crippen LogP contribution in [-0.2, 0) is 11.3 Å². The number of nitrogens with two attached hydrogens (primary N) is 1. The molecule has 4 nitrogen and oxygen atoms in total. The van der Waals surface area contributed by atoms with E-state index in [9.17, 15) is 9.18 Å². The second-order valence-electron chi connectivity index (χ2n) is 7.04. The molecule has 0 aliphatic carbocycles. The minimum atomic E-state index is -0.387. The van der Waals surface area contributed by atoms with Crippen molar-refractivity contribution in [1.29, 1.82) is 0 Å². The van der Waals surface area contributed by atoms with Crippen molar-refractivity contribution < 1.29 is 9.18 Å². The summed E-state index contributed by atoms with van der Waals surface area (Å²) < 4.78 is 13.8. The second-order valence-corrected chi connectivity index (χ2v) is 7.45. The zero-order chi connectivity index (χ0) is 17.2. The molecule has 2 rings (SSSR count). The molecule has 1 heterocycles. The van der Waals surface area contributed by atoms with Crippen molar-refractivity contribution in [2.24, 2.45) is 11.1 Å². The van der Waals surface area contributed by atoms with Crippen LogP contribution >= 0.6 is 11.6 Å². The number of benzene rings is 1. The van der Waals surface area contributed by atoms with Gasteiger partial charge < -0.3 is 10.6 Å². The fourth-order valence-electron chi connectivity index (χ4n) is 2.94. The first-order valence-corrected chi connectivity index (χ1v) is 8.23. The van der Waals surface area contributed by atoms with Gasteiger partial charge >= 0.3 is 0 Å². The van der Waals surface area contributed by atoms with Crippen molar-refractivity contribution in [3.8, 4) is 0 Å². The van der Waals surface area contributed by atoms with Crippen LogP contribution in [0, 0.1) is 11.2 Å². The van der Waals surface area contributed by atoms with Crippen molar-refractivity contribution in [3.05, 3.63) is 34.6 Å². The number of piperidine rings is 1. The maximum Gasteiger partial charge on any atom is 0.236 e. The average molecular weight is 342 g/mol. The quantitative estimate of drug-likeness (QED) is 0.915. The molecule has 0 bridgehead atoms. The van der Waals surface area contributed by atoms with Crippen LogP contribution in [0.25, 0.3) is 0 Å². The summed E-state index contributed by atoms with van der Waals surface area (Å²) in [5.41, 5.74) is 6.47. The Kier molecular flexibility index (Phi) is 5.65. The molecule has 6 heteroatoms. The zero-order valence-electron chi connectivity index (χ0n) is 14.0. The van der Waals surface area contributed by atoms with Crippen molar-refractivity contribution >= 4 is 17.5 Å². The number of carbonyl (C=O) groups excluding carboxylic acids is 1. The van der Waals surface area contributed by atoms with Gasteiger partial charge in [0.1, 0.15) is 5.82 Å². The highest BCUT2D eigenvalue weighted by Crippen LogP contribution is 2.27. The smallest absolute Gasteiger partial charge is 0.236 e. The van der Waals surface area contributed by atoms with Gasteiger partial charge in [0.15, 0.2) is 0 Å². The Labute approximate surface area is 142 Å². The zero-order valence-corrected chi connectivity index (χ0v) is 14.7. The third-order valence-corrected chi connectivity index (χ3v) is 4.99. The molecule has 1 unspecified atom stereocenters. The highest BCUT2D eigenvalue weighted by Gasteiger charge is 2.34. The Morgan fingerprint density at radius 1 is 1.52 bits per heavy atom. The molecule has 2 N–H and O–H groups in total. The number of hydrogen-bond acceptors (Lipinski definition) is 3. The van der Waals surface area contributed by atoms with Gasteiger partial charge in [-0.25, -0.2) is 4.39 Å². The molecule has 1 aliphatic rings. The SMILES string of the molecule is CN(Cc1c(F)cccc1Cl)C(=O)CN1CCC(N)C(C)(C)C1. The lowest BCUT2D eigenvalue weighted by atomic mass is 9.80. The summed E-state index contributed by atoms with van der Waals surface area (Å²) in [6, 6.07) is 4.70. The highest BCUT2D eigenvalue weighted by molar-refractivity contribution is 6.31. The van der Waals surface area contributed by atoms with Gasteiger partial charge in [0.25, 0.3) is 0 Å². The minimum absolute atomic E-state index is 0.00799. The van der Waals surface area contributed by atoms with E-state index in [0.29, 0.717) is 17.1 Å². The number of amides is 1. The van der Waals surface area contributed by atoms with Gasteiger partial charge in [-0.1, -0.05) is 31.5 Å². The first kappa shape index (κ1) is 18.2. The number of likely N-dealkylation sites (N-methyl/N-ethyl adjacent to an activating group) is 1. The molecule has 1 saturated heterocycles. The molecule has 0 radical (unpaired) electrons. The van der Waals surface area contributed by atoms with Crippen LogP contribution in [0.1, 0.15) is 25.8 Å². The van der Waals surface area contributed by atoms with Gasteiger partial charge in [-0.05, 0) is 24.0 Å². The number of carbonyl (C=O) groups is 1. The Balaban J connectivity index is 1.96. The standard InChI is InChI=1S/C17H25ClFN3O/c1-17(2)11-22(8-7-15(17)20)10-16(23)21(3)9-12-13(18)5-4-6-14(12)19/h4-6,15H,7-11,20H2,1-3H3. The first-order chi connectivity index (χ1) is 10.7. The molecular formula is C17H25ClFN3O. The number of likely N-dealkylation sites (tertiary alicyclic amines) is 1. The number of rotatable bonds is 4. The van der Waals surface area contributed by atoms with E-state index in [1.165, 1.54) is 11.0 Å². The van der Waals surface area contributed by atoms with Crippen molar-refractivity contribution in [2.45, 2.75) is 32.9 Å². The summed E-state index contributed by atoms with van der Waals surface area (Å²) in [5.74, 6) is -0.433. The second kappa shape index (κ2) is 7.16. The lowest BCUT2D eigenvalue weighted by Gasteiger charge is -2.42. The molecule has 23 heavy (non-hydrogen) atoms. The predicted octanol–water partition coefficient (Wildman–Crippen LogP) is 2.50. The Morgan fingerprint density at radius 2 is 2.22 bits per heavy atom. The maximum atomic E-state index is 13.8. The van der Waals surface area contributed by atoms with E-state index in [4.69, 9.17) is 17.3 Å². The van der Waals surface area contributed by atoms with Gasteiger partial charge in [0, 0.05) is 43.3 Å². The largest absolute Gasteiger partial charge is 0.340 e. The van der Waals surface area contributed by atoms with Gasteiger partial charge in [0.2, 0.25) is 5.91 Å². The highest BCUT2D eigenvalue weighted by atomic mass is 35.5. The molecule has 1 aromatic carbocycles. The van der Waals surface area contributed by atoms with E-state index in [2.05, 4.69) is 18.7 Å². The number of hydrogen-bond donors (Lipinski definition) is 1. The molecule has 0 saturated carbocycles. The lowest BCUT2D eigenvalue weighted by molar-refractivity contribution is -0.132. The molecule has 1 fully saturated rings. The summed E-state index contributed by atoms with van der Waals surface area (Å²) in [6.07, 6.45) is 0.878. The first-order valence-electron chi connectivity index (χ1n) is 7.85. The number of nitrogens with zero attached hydrogens (tertiary/aromatic N) is 2. The molecule has 0 spiro atoms. The predicted molar refractivity (Wildman–Crippen MR) is 90.7 cm³/mol. The number of halogens is 2. The topological polar surface area (TPSA) is 49.6 Å². The summed E-state index contributed by atoms with van der Waals surface area (Å²) in [5, 5.41) is 0.342. The van der Waals surface area contributed by atoms with Crippen LogP contribution in [0.3, 0.4) is 0 Å². The third kappa shape index (κ3) is 4.43. The van der Waals surface area contributed by atoms with Gasteiger partial charge in [-0.15, -0.1) is 0 Å². The van der Waals surface area contributed by atoms with Crippen LogP contribution in [0.4, 0.5) is 4.39 Å². The molecule has 0 aromatic heterocycles. The van der Waals surface area contributed by atoms with E-state index in [0.717, 1.165) is 19.5 Å². The van der Waals surface area contributed by atoms with Gasteiger partial charge in [0.05, 0.1) is 6.54 Å². The van der Waals surface area contributed by atoms with Crippen molar-refractivity contribution in [1.82, 2.24) is 9.80 Å². The maximum absolute atomic E-state index is 13.8. The molecule has 1 atom stereocenters. The van der Waals surface area contributed by atoms with Crippen LogP contribution < -0.4 is 5.73 Å². The Bertz CT molecular complexity index is 559. The van der Waals surface area contributed by atoms with E-state index in [1.54, 1.807) is 19.2 Å². The van der Waals surface area contributed by atoms with Crippen molar-refractivity contribution in [2.75, 3.05) is 26.7 Å². The van der Waals surface area contributed by atoms with Crippen LogP contribution in [0.5, 0.6) is 0 Å². The fourth-order valence-corrected chi connectivity index (χ4v) is 3.16. The normalized spacial score (nSPS) is 21.2. The van der Waals surface area contributed by atoms with E-state index in [1.807, 2.05) is 0 Å². The molecule has 1 aliphatic heterocycles. The van der Waals surface area contributed by atoms with Gasteiger partial charge in [-0.3, -0.25) is 9.69 Å². The molecular weight excluding hydrogens is 317 g/mol. The van der Waals surface area contributed by atoms with Crippen LogP contribution in [0.2, 0.25) is 5.02 Å². The molecule has 128 valence electrons. The van der Waals surface area contributed by atoms with E-state index >= 15 is 0 Å². The lowest BCUT2D eigenvalue weighted by Crippen LogP contribution is -2.54. The fraction of sp³-hybridized carbons (Fsp3) is 0.588. The summed E-state index contributed by atoms with van der Waals surface area (Å²) >= 11 is 6.02. The third-order valence-electron chi connectivity index (χ3n) is 4.63. The van der Waals surface area contributed by atoms with Crippen LogP contribution in [0.15, 0.2) is 18.2 Å². The van der Waals surface area contributed by atoms with Gasteiger partial charge in [-0.2, -0.15) is 0 Å². The Hall–Kier alpha value is -1.17. The van der Waals surface area contributed by atoms with E-state index in [-0.39, 0.29) is 29.7 Å². The minimum Gasteiger partial charge on any atom is -0.340 e. The molecule has 1 aromatic rings. The average Bonchev–Trinajstić information content (AvgIpc) is 2.46. The Morgan fingerprint density at radius 3 is 2.83 bits per heavy atom. The van der Waals surface area contributed by atoms with Crippen molar-refractivity contribution in [3.63, 3.8) is 0 Å². The summed E-state index contributed by atoms with van der Waals surface area (Å²) in [4.78, 5) is 16.1. The van der Waals surface area contributed by atoms with Crippen LogP contribution in [-0.4, -0.2) is 48.4 Å². The van der Waals surface area contributed by atoms with E-state index < -0.39 is 0 Å². The molecule has 1 amide bonds. The monoisotopic (exact) mass is 341 g/mol. The summed E-state index contributed by atoms with van der Waals surface area (Å²) in [6.45, 7) is 6.33.